The maximum atomic E-state index is 13.2. The molecule has 0 saturated carbocycles. The Morgan fingerprint density at radius 2 is 2.06 bits per heavy atom. The lowest BCUT2D eigenvalue weighted by atomic mass is 10.0. The Morgan fingerprint density at radius 3 is 2.88 bits per heavy atom. The van der Waals surface area contributed by atoms with Crippen LogP contribution < -0.4 is 4.72 Å². The Kier molecular flexibility index (Phi) is 5.54. The number of aryl methyl sites for hydroxylation is 1. The van der Waals surface area contributed by atoms with E-state index in [0.29, 0.717) is 0 Å². The molecule has 0 radical (unpaired) electrons. The van der Waals surface area contributed by atoms with Crippen molar-refractivity contribution in [2.75, 3.05) is 26.7 Å². The first kappa shape index (κ1) is 21.2. The molecule has 0 aliphatic carbocycles. The number of methoxy groups -OCH3 is 1. The zero-order valence-corrected chi connectivity index (χ0v) is 19.1. The van der Waals surface area contributed by atoms with Gasteiger partial charge >= 0.3 is 0 Å². The van der Waals surface area contributed by atoms with E-state index in [0.717, 1.165) is 46.9 Å². The first-order chi connectivity index (χ1) is 15.5. The molecule has 7 nitrogen and oxygen atoms in total. The van der Waals surface area contributed by atoms with Gasteiger partial charge in [-0.3, -0.25) is 4.90 Å². The van der Waals surface area contributed by atoms with Crippen molar-refractivity contribution in [1.29, 1.82) is 0 Å². The molecule has 32 heavy (non-hydrogen) atoms. The second-order valence-electron chi connectivity index (χ2n) is 8.45. The van der Waals surface area contributed by atoms with E-state index in [-0.39, 0.29) is 23.6 Å². The maximum Gasteiger partial charge on any atom is 0.240 e. The largest absolute Gasteiger partial charge is 0.380 e. The lowest BCUT2D eigenvalue weighted by molar-refractivity contribution is 0.101. The number of H-pyrrole nitrogens is 1. The third kappa shape index (κ3) is 3.84. The van der Waals surface area contributed by atoms with Crippen LogP contribution in [0, 0.1) is 0 Å². The second kappa shape index (κ2) is 8.37. The fraction of sp³-hybridized carbons (Fsp3) is 0.333. The number of rotatable bonds is 7. The average molecular weight is 453 g/mol. The highest BCUT2D eigenvalue weighted by Gasteiger charge is 2.32. The Bertz CT molecular complexity index is 1360. The highest BCUT2D eigenvalue weighted by atomic mass is 32.2. The van der Waals surface area contributed by atoms with Gasteiger partial charge in [-0.2, -0.15) is 0 Å². The quantitative estimate of drug-likeness (QED) is 0.450. The summed E-state index contributed by atoms with van der Waals surface area (Å²) in [5.74, 6) is 0. The molecular formula is C24H28N4O3S. The summed E-state index contributed by atoms with van der Waals surface area (Å²) in [5, 5.41) is 2.13. The van der Waals surface area contributed by atoms with Gasteiger partial charge in [-0.15, -0.1) is 0 Å². The van der Waals surface area contributed by atoms with E-state index < -0.39 is 10.0 Å². The summed E-state index contributed by atoms with van der Waals surface area (Å²) >= 11 is 0. The van der Waals surface area contributed by atoms with Crippen molar-refractivity contribution in [3.8, 4) is 0 Å². The number of para-hydroxylation sites is 1. The summed E-state index contributed by atoms with van der Waals surface area (Å²) in [6.07, 6.45) is 5.03. The molecule has 2 N–H and O–H groups in total. The number of likely N-dealkylation sites (tertiary alicyclic amines) is 1. The molecule has 0 spiro atoms. The topological polar surface area (TPSA) is 79.4 Å². The summed E-state index contributed by atoms with van der Waals surface area (Å²) in [4.78, 5) is 5.67. The Balaban J connectivity index is 1.46. The molecule has 1 saturated heterocycles. The molecule has 1 aliphatic rings. The van der Waals surface area contributed by atoms with Crippen LogP contribution in [0.3, 0.4) is 0 Å². The molecule has 4 aromatic rings. The molecule has 3 heterocycles. The first-order valence-electron chi connectivity index (χ1n) is 10.8. The minimum Gasteiger partial charge on any atom is -0.380 e. The van der Waals surface area contributed by atoms with Crippen molar-refractivity contribution >= 4 is 31.8 Å². The van der Waals surface area contributed by atoms with E-state index in [1.165, 1.54) is 0 Å². The lowest BCUT2D eigenvalue weighted by Crippen LogP contribution is -2.37. The van der Waals surface area contributed by atoms with Crippen molar-refractivity contribution in [3.63, 3.8) is 0 Å². The fourth-order valence-electron chi connectivity index (χ4n) is 4.77. The Morgan fingerprint density at radius 1 is 1.22 bits per heavy atom. The van der Waals surface area contributed by atoms with Gasteiger partial charge < -0.3 is 14.3 Å². The van der Waals surface area contributed by atoms with Gasteiger partial charge in [0, 0.05) is 62.6 Å². The van der Waals surface area contributed by atoms with Gasteiger partial charge in [0.1, 0.15) is 0 Å². The summed E-state index contributed by atoms with van der Waals surface area (Å²) in [7, 11) is 0.102. The molecule has 2 aromatic carbocycles. The summed E-state index contributed by atoms with van der Waals surface area (Å²) in [6, 6.07) is 15.2. The van der Waals surface area contributed by atoms with Crippen molar-refractivity contribution in [3.05, 3.63) is 66.5 Å². The Labute approximate surface area is 188 Å². The van der Waals surface area contributed by atoms with Crippen LogP contribution in [0.2, 0.25) is 0 Å². The third-order valence-electron chi connectivity index (χ3n) is 6.54. The van der Waals surface area contributed by atoms with Gasteiger partial charge in [-0.1, -0.05) is 24.3 Å². The molecule has 2 atom stereocenters. The predicted octanol–water partition coefficient (Wildman–Crippen LogP) is 3.40. The number of aromatic amines is 1. The van der Waals surface area contributed by atoms with Crippen molar-refractivity contribution < 1.29 is 13.2 Å². The van der Waals surface area contributed by atoms with Crippen molar-refractivity contribution in [2.45, 2.75) is 23.5 Å². The van der Waals surface area contributed by atoms with Crippen molar-refractivity contribution in [2.24, 2.45) is 7.05 Å². The molecule has 2 aromatic heterocycles. The minimum atomic E-state index is -3.66. The van der Waals surface area contributed by atoms with Crippen LogP contribution in [0.5, 0.6) is 0 Å². The third-order valence-corrected chi connectivity index (χ3v) is 7.96. The van der Waals surface area contributed by atoms with E-state index in [4.69, 9.17) is 4.74 Å². The number of aromatic nitrogens is 2. The van der Waals surface area contributed by atoms with Crippen molar-refractivity contribution in [1.82, 2.24) is 19.2 Å². The van der Waals surface area contributed by atoms with E-state index in [9.17, 15) is 8.42 Å². The molecule has 1 aliphatic heterocycles. The predicted molar refractivity (Wildman–Crippen MR) is 126 cm³/mol. The number of nitrogens with zero attached hydrogens (tertiary/aromatic N) is 2. The van der Waals surface area contributed by atoms with Gasteiger partial charge in [0.15, 0.2) is 0 Å². The van der Waals surface area contributed by atoms with Crippen LogP contribution in [0.1, 0.15) is 18.0 Å². The number of nitrogens with one attached hydrogen (secondary N) is 2. The summed E-state index contributed by atoms with van der Waals surface area (Å²) < 4.78 is 36.9. The number of ether oxygens (including phenoxy) is 1. The molecule has 5 rings (SSSR count). The molecule has 168 valence electrons. The van der Waals surface area contributed by atoms with Gasteiger partial charge in [-0.05, 0) is 41.6 Å². The van der Waals surface area contributed by atoms with Gasteiger partial charge in [-0.25, -0.2) is 13.1 Å². The molecule has 0 bridgehead atoms. The van der Waals surface area contributed by atoms with Gasteiger partial charge in [0.05, 0.1) is 17.0 Å². The van der Waals surface area contributed by atoms with Crippen LogP contribution in [-0.2, 0) is 21.8 Å². The molecule has 0 amide bonds. The fourth-order valence-corrected chi connectivity index (χ4v) is 5.83. The Hall–Kier alpha value is -2.65. The molecule has 8 heteroatoms. The number of benzene rings is 2. The van der Waals surface area contributed by atoms with Crippen LogP contribution in [0.15, 0.2) is 65.8 Å². The number of hydrogen-bond acceptors (Lipinski definition) is 4. The second-order valence-corrected chi connectivity index (χ2v) is 10.2. The average Bonchev–Trinajstić information content (AvgIpc) is 3.53. The molecular weight excluding hydrogens is 424 g/mol. The SMILES string of the molecule is CO[C@@H]1CCN([C@H](CNS(=O)(=O)c2ccc3cc[nH]c3c2)c2cn(C)c3ccccc23)C1. The van der Waals surface area contributed by atoms with Crippen LogP contribution >= 0.6 is 0 Å². The van der Waals surface area contributed by atoms with Crippen LogP contribution in [0.25, 0.3) is 21.8 Å². The monoisotopic (exact) mass is 452 g/mol. The maximum absolute atomic E-state index is 13.2. The lowest BCUT2D eigenvalue weighted by Gasteiger charge is -2.28. The van der Waals surface area contributed by atoms with E-state index in [1.807, 2.05) is 37.5 Å². The highest BCUT2D eigenvalue weighted by molar-refractivity contribution is 7.89. The van der Waals surface area contributed by atoms with E-state index in [2.05, 4.69) is 37.5 Å². The molecule has 1 fully saturated rings. The van der Waals surface area contributed by atoms with E-state index in [1.54, 1.807) is 19.2 Å². The highest BCUT2D eigenvalue weighted by Crippen LogP contribution is 2.32. The van der Waals surface area contributed by atoms with Crippen LogP contribution in [-0.4, -0.2) is 55.7 Å². The number of hydrogen-bond donors (Lipinski definition) is 2. The van der Waals surface area contributed by atoms with Gasteiger partial charge in [0.2, 0.25) is 10.0 Å². The van der Waals surface area contributed by atoms with Gasteiger partial charge in [0.25, 0.3) is 0 Å². The summed E-state index contributed by atoms with van der Waals surface area (Å²) in [5.41, 5.74) is 3.07. The zero-order chi connectivity index (χ0) is 22.3. The standard InChI is InChI=1S/C24H28N4O3S/c1-27-16-21(20-5-3-4-6-23(20)27)24(28-12-10-18(15-28)31-2)14-26-32(29,30)19-8-7-17-9-11-25-22(17)13-19/h3-9,11,13,16,18,24-26H,10,12,14-15H2,1-2H3/t18-,24-/m1/s1. The smallest absolute Gasteiger partial charge is 0.240 e. The normalized spacial score (nSPS) is 18.6. The van der Waals surface area contributed by atoms with E-state index >= 15 is 0 Å². The number of fused-ring (bicyclic) bond motifs is 2. The van der Waals surface area contributed by atoms with Crippen LogP contribution in [0.4, 0.5) is 0 Å². The molecule has 0 unspecified atom stereocenters. The minimum absolute atomic E-state index is 0.0924. The first-order valence-corrected chi connectivity index (χ1v) is 12.3. The summed E-state index contributed by atoms with van der Waals surface area (Å²) in [6.45, 7) is 1.93. The zero-order valence-electron chi connectivity index (χ0n) is 18.3. The number of sulfonamides is 1.